The predicted octanol–water partition coefficient (Wildman–Crippen LogP) is 3.34. The third kappa shape index (κ3) is 3.56. The van der Waals surface area contributed by atoms with Crippen molar-refractivity contribution in [3.05, 3.63) is 63.9 Å². The summed E-state index contributed by atoms with van der Waals surface area (Å²) >= 11 is 3.46. The van der Waals surface area contributed by atoms with E-state index in [2.05, 4.69) is 21.4 Å². The van der Waals surface area contributed by atoms with Crippen LogP contribution in [0.3, 0.4) is 0 Å². The van der Waals surface area contributed by atoms with Gasteiger partial charge in [0.15, 0.2) is 0 Å². The molecular weight excluding hydrogens is 323 g/mol. The number of methoxy groups -OCH3 is 1. The molecule has 1 atom stereocenters. The van der Waals surface area contributed by atoms with Crippen molar-refractivity contribution in [3.8, 4) is 5.75 Å². The van der Waals surface area contributed by atoms with Gasteiger partial charge in [0, 0.05) is 6.04 Å². The molecule has 0 saturated heterocycles. The van der Waals surface area contributed by atoms with Crippen LogP contribution in [0, 0.1) is 5.82 Å². The third-order valence-electron chi connectivity index (χ3n) is 3.13. The number of nitrogens with one attached hydrogen (secondary N) is 1. The Morgan fingerprint density at radius 2 is 1.95 bits per heavy atom. The lowest BCUT2D eigenvalue weighted by molar-refractivity contribution is 0.412. The minimum Gasteiger partial charge on any atom is -0.496 e. The van der Waals surface area contributed by atoms with Gasteiger partial charge in [0.1, 0.15) is 11.6 Å². The SMILES string of the molecule is COc1ccc(CC(NN)c2ccc(F)cc2)cc1Br. The fourth-order valence-electron chi connectivity index (χ4n) is 2.04. The molecule has 0 saturated carbocycles. The van der Waals surface area contributed by atoms with E-state index in [1.807, 2.05) is 18.2 Å². The van der Waals surface area contributed by atoms with Crippen molar-refractivity contribution in [1.82, 2.24) is 5.43 Å². The molecule has 3 N–H and O–H groups in total. The molecule has 0 spiro atoms. The summed E-state index contributed by atoms with van der Waals surface area (Å²) in [6.45, 7) is 0. The van der Waals surface area contributed by atoms with Crippen LogP contribution in [0.5, 0.6) is 5.75 Å². The van der Waals surface area contributed by atoms with Crippen LogP contribution in [0.4, 0.5) is 4.39 Å². The van der Waals surface area contributed by atoms with Crippen LogP contribution in [0.15, 0.2) is 46.9 Å². The van der Waals surface area contributed by atoms with Crippen LogP contribution in [-0.4, -0.2) is 7.11 Å². The molecule has 106 valence electrons. The molecule has 2 aromatic rings. The summed E-state index contributed by atoms with van der Waals surface area (Å²) < 4.78 is 19.0. The number of hydrazine groups is 1. The summed E-state index contributed by atoms with van der Waals surface area (Å²) in [5, 5.41) is 0. The van der Waals surface area contributed by atoms with Crippen molar-refractivity contribution in [2.75, 3.05) is 7.11 Å². The fraction of sp³-hybridized carbons (Fsp3) is 0.200. The van der Waals surface area contributed by atoms with Gasteiger partial charge in [-0.3, -0.25) is 11.3 Å². The minimum absolute atomic E-state index is 0.0732. The first-order valence-electron chi connectivity index (χ1n) is 6.18. The maximum atomic E-state index is 12.9. The Hall–Kier alpha value is -1.43. The molecule has 0 aliphatic heterocycles. The summed E-state index contributed by atoms with van der Waals surface area (Å²) in [4.78, 5) is 0. The molecule has 0 amide bonds. The maximum Gasteiger partial charge on any atom is 0.133 e. The molecule has 0 fully saturated rings. The van der Waals surface area contributed by atoms with E-state index in [-0.39, 0.29) is 11.9 Å². The summed E-state index contributed by atoms with van der Waals surface area (Å²) in [6, 6.07) is 12.1. The van der Waals surface area contributed by atoms with Crippen LogP contribution >= 0.6 is 15.9 Å². The van der Waals surface area contributed by atoms with Gasteiger partial charge in [-0.1, -0.05) is 18.2 Å². The highest BCUT2D eigenvalue weighted by atomic mass is 79.9. The van der Waals surface area contributed by atoms with E-state index in [1.54, 1.807) is 19.2 Å². The largest absolute Gasteiger partial charge is 0.496 e. The highest BCUT2D eigenvalue weighted by molar-refractivity contribution is 9.10. The number of hydrogen-bond donors (Lipinski definition) is 2. The smallest absolute Gasteiger partial charge is 0.133 e. The molecule has 20 heavy (non-hydrogen) atoms. The molecule has 5 heteroatoms. The fourth-order valence-corrected chi connectivity index (χ4v) is 2.63. The minimum atomic E-state index is -0.253. The van der Waals surface area contributed by atoms with Gasteiger partial charge in [0.25, 0.3) is 0 Å². The second-order valence-corrected chi connectivity index (χ2v) is 5.30. The lowest BCUT2D eigenvalue weighted by Crippen LogP contribution is -2.29. The normalized spacial score (nSPS) is 12.2. The van der Waals surface area contributed by atoms with Crippen molar-refractivity contribution in [1.29, 1.82) is 0 Å². The van der Waals surface area contributed by atoms with Crippen molar-refractivity contribution in [2.45, 2.75) is 12.5 Å². The molecule has 0 aromatic heterocycles. The van der Waals surface area contributed by atoms with Crippen LogP contribution in [0.2, 0.25) is 0 Å². The van der Waals surface area contributed by atoms with Crippen LogP contribution in [0.1, 0.15) is 17.2 Å². The van der Waals surface area contributed by atoms with Gasteiger partial charge in [0.05, 0.1) is 11.6 Å². The summed E-state index contributed by atoms with van der Waals surface area (Å²) in [6.07, 6.45) is 0.699. The van der Waals surface area contributed by atoms with E-state index in [0.717, 1.165) is 21.3 Å². The summed E-state index contributed by atoms with van der Waals surface area (Å²) in [5.41, 5.74) is 4.81. The van der Waals surface area contributed by atoms with E-state index < -0.39 is 0 Å². The molecule has 0 aliphatic carbocycles. The average Bonchev–Trinajstić information content (AvgIpc) is 2.46. The first-order chi connectivity index (χ1) is 9.63. The molecule has 0 aliphatic rings. The Balaban J connectivity index is 2.17. The standard InChI is InChI=1S/C15H16BrFN2O/c1-20-15-7-2-10(8-13(15)16)9-14(19-18)11-3-5-12(17)6-4-11/h2-8,14,19H,9,18H2,1H3. The zero-order chi connectivity index (χ0) is 14.5. The lowest BCUT2D eigenvalue weighted by atomic mass is 9.99. The first kappa shape index (κ1) is 15.0. The molecule has 1 unspecified atom stereocenters. The van der Waals surface area contributed by atoms with Gasteiger partial charge in [0.2, 0.25) is 0 Å². The second kappa shape index (κ2) is 6.83. The topological polar surface area (TPSA) is 47.3 Å². The van der Waals surface area contributed by atoms with E-state index in [4.69, 9.17) is 10.6 Å². The number of nitrogens with two attached hydrogens (primary N) is 1. The average molecular weight is 339 g/mol. The Labute approximate surface area is 126 Å². The Bertz CT molecular complexity index is 575. The van der Waals surface area contributed by atoms with Crippen molar-refractivity contribution in [3.63, 3.8) is 0 Å². The number of benzene rings is 2. The highest BCUT2D eigenvalue weighted by Gasteiger charge is 2.12. The van der Waals surface area contributed by atoms with E-state index in [9.17, 15) is 4.39 Å². The van der Waals surface area contributed by atoms with E-state index >= 15 is 0 Å². The van der Waals surface area contributed by atoms with Crippen molar-refractivity contribution >= 4 is 15.9 Å². The van der Waals surface area contributed by atoms with Crippen molar-refractivity contribution < 1.29 is 9.13 Å². The van der Waals surface area contributed by atoms with Gasteiger partial charge >= 0.3 is 0 Å². The molecular formula is C15H16BrFN2O. The molecule has 2 rings (SSSR count). The number of ether oxygens (including phenoxy) is 1. The van der Waals surface area contributed by atoms with Crippen LogP contribution < -0.4 is 16.0 Å². The highest BCUT2D eigenvalue weighted by Crippen LogP contribution is 2.27. The van der Waals surface area contributed by atoms with Gasteiger partial charge < -0.3 is 4.74 Å². The van der Waals surface area contributed by atoms with Crippen LogP contribution in [-0.2, 0) is 6.42 Å². The van der Waals surface area contributed by atoms with Gasteiger partial charge in [-0.05, 0) is 57.7 Å². The zero-order valence-electron chi connectivity index (χ0n) is 11.1. The van der Waals surface area contributed by atoms with Gasteiger partial charge in [-0.25, -0.2) is 4.39 Å². The monoisotopic (exact) mass is 338 g/mol. The number of hydrogen-bond acceptors (Lipinski definition) is 3. The van der Waals surface area contributed by atoms with E-state index in [0.29, 0.717) is 6.42 Å². The molecule has 0 radical (unpaired) electrons. The van der Waals surface area contributed by atoms with Gasteiger partial charge in [-0.15, -0.1) is 0 Å². The number of rotatable bonds is 5. The maximum absolute atomic E-state index is 12.9. The van der Waals surface area contributed by atoms with Crippen LogP contribution in [0.25, 0.3) is 0 Å². The Morgan fingerprint density at radius 3 is 2.50 bits per heavy atom. The zero-order valence-corrected chi connectivity index (χ0v) is 12.7. The summed E-state index contributed by atoms with van der Waals surface area (Å²) in [5.74, 6) is 6.14. The summed E-state index contributed by atoms with van der Waals surface area (Å²) in [7, 11) is 1.63. The first-order valence-corrected chi connectivity index (χ1v) is 6.97. The Morgan fingerprint density at radius 1 is 1.25 bits per heavy atom. The third-order valence-corrected chi connectivity index (χ3v) is 3.75. The molecule has 2 aromatic carbocycles. The van der Waals surface area contributed by atoms with E-state index in [1.165, 1.54) is 12.1 Å². The Kier molecular flexibility index (Phi) is 5.11. The van der Waals surface area contributed by atoms with Crippen molar-refractivity contribution in [2.24, 2.45) is 5.84 Å². The van der Waals surface area contributed by atoms with Gasteiger partial charge in [-0.2, -0.15) is 0 Å². The lowest BCUT2D eigenvalue weighted by Gasteiger charge is -2.17. The number of halogens is 2. The molecule has 0 heterocycles. The second-order valence-electron chi connectivity index (χ2n) is 4.44. The molecule has 3 nitrogen and oxygen atoms in total. The quantitative estimate of drug-likeness (QED) is 0.649. The molecule has 0 bridgehead atoms. The predicted molar refractivity (Wildman–Crippen MR) is 80.9 cm³/mol.